The molecule has 0 saturated carbocycles. The Bertz CT molecular complexity index is 1180. The summed E-state index contributed by atoms with van der Waals surface area (Å²) in [4.78, 5) is 29.7. The zero-order valence-electron chi connectivity index (χ0n) is 16.2. The van der Waals surface area contributed by atoms with Gasteiger partial charge in [0.25, 0.3) is 5.91 Å². The van der Waals surface area contributed by atoms with Crippen LogP contribution in [0.2, 0.25) is 0 Å². The summed E-state index contributed by atoms with van der Waals surface area (Å²) < 4.78 is 1.05. The molecule has 1 amide bonds. The first-order valence-corrected chi connectivity index (χ1v) is 10.2. The molecule has 0 aliphatic carbocycles. The van der Waals surface area contributed by atoms with E-state index in [9.17, 15) is 9.59 Å². The summed E-state index contributed by atoms with van der Waals surface area (Å²) in [6, 6.07) is 21.9. The van der Waals surface area contributed by atoms with Crippen LogP contribution < -0.4 is 5.32 Å². The molecule has 0 atom stereocenters. The predicted molar refractivity (Wildman–Crippen MR) is 118 cm³/mol. The van der Waals surface area contributed by atoms with Gasteiger partial charge in [-0.15, -0.1) is 0 Å². The number of ketones is 1. The van der Waals surface area contributed by atoms with E-state index in [-0.39, 0.29) is 11.7 Å². The number of para-hydroxylation sites is 1. The lowest BCUT2D eigenvalue weighted by atomic mass is 10.0. The normalized spacial score (nSPS) is 11.0. The van der Waals surface area contributed by atoms with Crippen molar-refractivity contribution >= 4 is 38.4 Å². The van der Waals surface area contributed by atoms with Crippen molar-refractivity contribution in [1.82, 2.24) is 4.98 Å². The van der Waals surface area contributed by atoms with E-state index < -0.39 is 0 Å². The number of rotatable bonds is 5. The SMILES string of the molecule is CC(C)c1cccc2sc(NC(=O)c3ccc(C(=O)c4ccccc4)cc3)nc12. The molecule has 4 rings (SSSR count). The molecule has 1 heterocycles. The maximum absolute atomic E-state index is 12.6. The maximum Gasteiger partial charge on any atom is 0.257 e. The molecule has 0 unspecified atom stereocenters. The van der Waals surface area contributed by atoms with Crippen molar-refractivity contribution in [3.8, 4) is 0 Å². The van der Waals surface area contributed by atoms with Crippen molar-refractivity contribution < 1.29 is 9.59 Å². The van der Waals surface area contributed by atoms with Crippen LogP contribution in [0, 0.1) is 0 Å². The van der Waals surface area contributed by atoms with Crippen LogP contribution in [0.1, 0.15) is 51.6 Å². The average Bonchev–Trinajstić information content (AvgIpc) is 3.16. The van der Waals surface area contributed by atoms with Gasteiger partial charge < -0.3 is 0 Å². The minimum Gasteiger partial charge on any atom is -0.298 e. The van der Waals surface area contributed by atoms with Crippen LogP contribution >= 0.6 is 11.3 Å². The lowest BCUT2D eigenvalue weighted by molar-refractivity contribution is 0.102. The number of benzene rings is 3. The number of hydrogen-bond acceptors (Lipinski definition) is 4. The zero-order chi connectivity index (χ0) is 20.4. The van der Waals surface area contributed by atoms with E-state index in [0.717, 1.165) is 10.2 Å². The largest absolute Gasteiger partial charge is 0.298 e. The van der Waals surface area contributed by atoms with Crippen LogP contribution in [0.5, 0.6) is 0 Å². The van der Waals surface area contributed by atoms with Crippen LogP contribution in [0.15, 0.2) is 72.8 Å². The highest BCUT2D eigenvalue weighted by Crippen LogP contribution is 2.31. The lowest BCUT2D eigenvalue weighted by Gasteiger charge is -2.05. The number of hydrogen-bond donors (Lipinski definition) is 1. The Hall–Kier alpha value is -3.31. The van der Waals surface area contributed by atoms with Crippen molar-refractivity contribution in [3.05, 3.63) is 95.1 Å². The Morgan fingerprint density at radius 2 is 1.48 bits per heavy atom. The van der Waals surface area contributed by atoms with Crippen LogP contribution in [0.3, 0.4) is 0 Å². The number of carbonyl (C=O) groups is 2. The molecule has 0 bridgehead atoms. The number of amides is 1. The third-order valence-electron chi connectivity index (χ3n) is 4.74. The first kappa shape index (κ1) is 19.0. The number of thiazole rings is 1. The van der Waals surface area contributed by atoms with Gasteiger partial charge in [-0.05, 0) is 29.7 Å². The molecule has 3 aromatic carbocycles. The molecule has 1 aromatic heterocycles. The smallest absolute Gasteiger partial charge is 0.257 e. The summed E-state index contributed by atoms with van der Waals surface area (Å²) in [5.74, 6) is 0.0536. The summed E-state index contributed by atoms with van der Waals surface area (Å²) in [5, 5.41) is 3.45. The maximum atomic E-state index is 12.6. The van der Waals surface area contributed by atoms with Crippen LogP contribution in [-0.2, 0) is 0 Å². The third kappa shape index (κ3) is 3.96. The van der Waals surface area contributed by atoms with Crippen molar-refractivity contribution in [2.75, 3.05) is 5.32 Å². The fourth-order valence-corrected chi connectivity index (χ4v) is 4.08. The molecule has 0 aliphatic rings. The van der Waals surface area contributed by atoms with Gasteiger partial charge in [0.05, 0.1) is 10.2 Å². The summed E-state index contributed by atoms with van der Waals surface area (Å²) in [7, 11) is 0. The molecule has 0 saturated heterocycles. The van der Waals surface area contributed by atoms with Gasteiger partial charge in [0.15, 0.2) is 10.9 Å². The van der Waals surface area contributed by atoms with Gasteiger partial charge in [-0.1, -0.05) is 79.8 Å². The minimum atomic E-state index is -0.242. The third-order valence-corrected chi connectivity index (χ3v) is 5.67. The molecule has 0 spiro atoms. The van der Waals surface area contributed by atoms with Crippen molar-refractivity contribution in [1.29, 1.82) is 0 Å². The molecule has 144 valence electrons. The fourth-order valence-electron chi connectivity index (χ4n) is 3.19. The standard InChI is InChI=1S/C24H20N2O2S/c1-15(2)19-9-6-10-20-21(19)25-24(29-20)26-23(28)18-13-11-17(12-14-18)22(27)16-7-4-3-5-8-16/h3-15H,1-2H3,(H,25,26,28). The molecule has 5 heteroatoms. The second kappa shape index (κ2) is 7.97. The Morgan fingerprint density at radius 3 is 2.17 bits per heavy atom. The first-order valence-electron chi connectivity index (χ1n) is 9.43. The second-order valence-corrected chi connectivity index (χ2v) is 8.12. The van der Waals surface area contributed by atoms with Gasteiger partial charge in [-0.25, -0.2) is 4.98 Å². The number of carbonyl (C=O) groups excluding carboxylic acids is 2. The first-order chi connectivity index (χ1) is 14.0. The van der Waals surface area contributed by atoms with E-state index >= 15 is 0 Å². The number of fused-ring (bicyclic) bond motifs is 1. The summed E-state index contributed by atoms with van der Waals surface area (Å²) in [5.41, 5.74) is 3.77. The number of aromatic nitrogens is 1. The Labute approximate surface area is 173 Å². The van der Waals surface area contributed by atoms with E-state index in [2.05, 4.69) is 30.2 Å². The minimum absolute atomic E-state index is 0.0649. The zero-order valence-corrected chi connectivity index (χ0v) is 17.0. The van der Waals surface area contributed by atoms with E-state index in [1.165, 1.54) is 16.9 Å². The molecule has 1 N–H and O–H groups in total. The van der Waals surface area contributed by atoms with E-state index in [1.54, 1.807) is 36.4 Å². The molecule has 0 aliphatic heterocycles. The Balaban J connectivity index is 1.52. The molecule has 4 nitrogen and oxygen atoms in total. The number of nitrogens with zero attached hydrogens (tertiary/aromatic N) is 1. The topological polar surface area (TPSA) is 59.1 Å². The molecule has 29 heavy (non-hydrogen) atoms. The number of anilines is 1. The van der Waals surface area contributed by atoms with Gasteiger partial charge in [0.2, 0.25) is 0 Å². The van der Waals surface area contributed by atoms with Gasteiger partial charge in [0.1, 0.15) is 0 Å². The number of nitrogens with one attached hydrogen (secondary N) is 1. The predicted octanol–water partition coefficient (Wildman–Crippen LogP) is 5.90. The lowest BCUT2D eigenvalue weighted by Crippen LogP contribution is -2.12. The van der Waals surface area contributed by atoms with Gasteiger partial charge in [-0.3, -0.25) is 14.9 Å². The monoisotopic (exact) mass is 400 g/mol. The summed E-state index contributed by atoms with van der Waals surface area (Å²) in [6.07, 6.45) is 0. The molecule has 0 fully saturated rings. The van der Waals surface area contributed by atoms with Gasteiger partial charge in [0, 0.05) is 16.7 Å². The highest BCUT2D eigenvalue weighted by molar-refractivity contribution is 7.22. The Kier molecular flexibility index (Phi) is 5.23. The van der Waals surface area contributed by atoms with E-state index in [0.29, 0.717) is 27.7 Å². The quantitative estimate of drug-likeness (QED) is 0.424. The van der Waals surface area contributed by atoms with Crippen molar-refractivity contribution in [2.45, 2.75) is 19.8 Å². The highest BCUT2D eigenvalue weighted by Gasteiger charge is 2.14. The molecular weight excluding hydrogens is 380 g/mol. The van der Waals surface area contributed by atoms with Gasteiger partial charge >= 0.3 is 0 Å². The van der Waals surface area contributed by atoms with Crippen LogP contribution in [-0.4, -0.2) is 16.7 Å². The van der Waals surface area contributed by atoms with Crippen LogP contribution in [0.25, 0.3) is 10.2 Å². The van der Waals surface area contributed by atoms with E-state index in [1.807, 2.05) is 30.3 Å². The second-order valence-electron chi connectivity index (χ2n) is 7.09. The molecule has 0 radical (unpaired) electrons. The van der Waals surface area contributed by atoms with Crippen molar-refractivity contribution in [3.63, 3.8) is 0 Å². The molecule has 4 aromatic rings. The Morgan fingerprint density at radius 1 is 0.828 bits per heavy atom. The van der Waals surface area contributed by atoms with Crippen LogP contribution in [0.4, 0.5) is 5.13 Å². The highest BCUT2D eigenvalue weighted by atomic mass is 32.1. The fraction of sp³-hybridized carbons (Fsp3) is 0.125. The summed E-state index contributed by atoms with van der Waals surface area (Å²) in [6.45, 7) is 4.26. The molecular formula is C24H20N2O2S. The van der Waals surface area contributed by atoms with E-state index in [4.69, 9.17) is 0 Å². The van der Waals surface area contributed by atoms with Gasteiger partial charge in [-0.2, -0.15) is 0 Å². The average molecular weight is 401 g/mol. The van der Waals surface area contributed by atoms with Crippen molar-refractivity contribution in [2.24, 2.45) is 0 Å². The summed E-state index contributed by atoms with van der Waals surface area (Å²) >= 11 is 1.46.